The number of methoxy groups -OCH3 is 1. The first-order chi connectivity index (χ1) is 7.27. The summed E-state index contributed by atoms with van der Waals surface area (Å²) in [6.07, 6.45) is 9.88. The Labute approximate surface area is 91.4 Å². The quantitative estimate of drug-likeness (QED) is 0.281. The summed E-state index contributed by atoms with van der Waals surface area (Å²) in [6, 6.07) is 0. The summed E-state index contributed by atoms with van der Waals surface area (Å²) in [5, 5.41) is 0. The fourth-order valence-electron chi connectivity index (χ4n) is 1.57. The minimum absolute atomic E-state index is 0.144. The van der Waals surface area contributed by atoms with Gasteiger partial charge in [-0.2, -0.15) is 0 Å². The van der Waals surface area contributed by atoms with Gasteiger partial charge in [0.15, 0.2) is 0 Å². The molecule has 1 fully saturated rings. The molecule has 0 radical (unpaired) electrons. The SMILES string of the molecule is CCCCCC[C@H]1O[C@@H]1/C=C/C(=O)OC. The van der Waals surface area contributed by atoms with Gasteiger partial charge in [-0.3, -0.25) is 0 Å². The van der Waals surface area contributed by atoms with Crippen LogP contribution in [0.5, 0.6) is 0 Å². The zero-order valence-electron chi connectivity index (χ0n) is 9.57. The zero-order chi connectivity index (χ0) is 11.1. The monoisotopic (exact) mass is 212 g/mol. The lowest BCUT2D eigenvalue weighted by Gasteiger charge is -1.94. The van der Waals surface area contributed by atoms with E-state index in [0.717, 1.165) is 6.42 Å². The molecule has 3 nitrogen and oxygen atoms in total. The third kappa shape index (κ3) is 4.98. The molecule has 86 valence electrons. The van der Waals surface area contributed by atoms with E-state index in [9.17, 15) is 4.79 Å². The largest absolute Gasteiger partial charge is 0.466 e. The Hall–Kier alpha value is -0.830. The van der Waals surface area contributed by atoms with Crippen molar-refractivity contribution >= 4 is 5.97 Å². The molecule has 0 aromatic rings. The molecule has 0 amide bonds. The van der Waals surface area contributed by atoms with E-state index in [1.54, 1.807) is 6.08 Å². The number of hydrogen-bond acceptors (Lipinski definition) is 3. The normalized spacial score (nSPS) is 24.4. The van der Waals surface area contributed by atoms with E-state index < -0.39 is 0 Å². The van der Waals surface area contributed by atoms with Crippen LogP contribution in [-0.4, -0.2) is 25.3 Å². The lowest BCUT2D eigenvalue weighted by Crippen LogP contribution is -1.96. The van der Waals surface area contributed by atoms with E-state index >= 15 is 0 Å². The molecule has 0 aliphatic carbocycles. The van der Waals surface area contributed by atoms with Crippen molar-refractivity contribution in [2.75, 3.05) is 7.11 Å². The van der Waals surface area contributed by atoms with Crippen molar-refractivity contribution < 1.29 is 14.3 Å². The van der Waals surface area contributed by atoms with Crippen LogP contribution >= 0.6 is 0 Å². The van der Waals surface area contributed by atoms with Gasteiger partial charge in [0.2, 0.25) is 0 Å². The molecular weight excluding hydrogens is 192 g/mol. The topological polar surface area (TPSA) is 38.8 Å². The molecule has 15 heavy (non-hydrogen) atoms. The van der Waals surface area contributed by atoms with Crippen molar-refractivity contribution in [1.82, 2.24) is 0 Å². The molecule has 3 heteroatoms. The number of hydrogen-bond donors (Lipinski definition) is 0. The predicted octanol–water partition coefficient (Wildman–Crippen LogP) is 2.45. The summed E-state index contributed by atoms with van der Waals surface area (Å²) in [5.41, 5.74) is 0. The van der Waals surface area contributed by atoms with Crippen molar-refractivity contribution in [3.8, 4) is 0 Å². The number of carbonyl (C=O) groups is 1. The molecular formula is C12H20O3. The second kappa shape index (κ2) is 6.62. The van der Waals surface area contributed by atoms with Crippen molar-refractivity contribution in [3.05, 3.63) is 12.2 Å². The highest BCUT2D eigenvalue weighted by molar-refractivity contribution is 5.81. The van der Waals surface area contributed by atoms with Crippen LogP contribution in [0.3, 0.4) is 0 Å². The van der Waals surface area contributed by atoms with Gasteiger partial charge < -0.3 is 9.47 Å². The molecule has 1 aliphatic heterocycles. The fraction of sp³-hybridized carbons (Fsp3) is 0.750. The number of ether oxygens (including phenoxy) is 2. The van der Waals surface area contributed by atoms with Crippen LogP contribution in [-0.2, 0) is 14.3 Å². The van der Waals surface area contributed by atoms with E-state index in [0.29, 0.717) is 6.10 Å². The fourth-order valence-corrected chi connectivity index (χ4v) is 1.57. The first-order valence-electron chi connectivity index (χ1n) is 5.69. The Morgan fingerprint density at radius 3 is 2.87 bits per heavy atom. The summed E-state index contributed by atoms with van der Waals surface area (Å²) in [7, 11) is 1.38. The lowest BCUT2D eigenvalue weighted by molar-refractivity contribution is -0.134. The molecule has 1 rings (SSSR count). The van der Waals surface area contributed by atoms with E-state index in [1.807, 2.05) is 0 Å². The van der Waals surface area contributed by atoms with Gasteiger partial charge >= 0.3 is 5.97 Å². The van der Waals surface area contributed by atoms with Crippen molar-refractivity contribution in [2.24, 2.45) is 0 Å². The average molecular weight is 212 g/mol. The maximum atomic E-state index is 10.8. The Morgan fingerprint density at radius 1 is 1.40 bits per heavy atom. The third-order valence-corrected chi connectivity index (χ3v) is 2.59. The highest BCUT2D eigenvalue weighted by atomic mass is 16.6. The summed E-state index contributed by atoms with van der Waals surface area (Å²) in [5.74, 6) is -0.310. The predicted molar refractivity (Wildman–Crippen MR) is 58.6 cm³/mol. The molecule has 0 N–H and O–H groups in total. The highest BCUT2D eigenvalue weighted by Gasteiger charge is 2.35. The van der Waals surface area contributed by atoms with Gasteiger partial charge in [0, 0.05) is 6.08 Å². The standard InChI is InChI=1S/C12H20O3/c1-3-4-5-6-7-10-11(15-10)8-9-12(13)14-2/h8-11H,3-7H2,1-2H3/b9-8+/t10-,11-/m1/s1. The van der Waals surface area contributed by atoms with E-state index in [4.69, 9.17) is 4.74 Å². The molecule has 0 spiro atoms. The minimum Gasteiger partial charge on any atom is -0.466 e. The highest BCUT2D eigenvalue weighted by Crippen LogP contribution is 2.28. The molecule has 0 aromatic heterocycles. The number of carbonyl (C=O) groups excluding carboxylic acids is 1. The average Bonchev–Trinajstić information content (AvgIpc) is 3.00. The molecule has 1 aliphatic rings. The van der Waals surface area contributed by atoms with Crippen LogP contribution in [0, 0.1) is 0 Å². The van der Waals surface area contributed by atoms with E-state index in [1.165, 1.54) is 38.9 Å². The smallest absolute Gasteiger partial charge is 0.330 e. The molecule has 0 bridgehead atoms. The first kappa shape index (κ1) is 12.2. The van der Waals surface area contributed by atoms with Crippen LogP contribution < -0.4 is 0 Å². The molecule has 2 atom stereocenters. The van der Waals surface area contributed by atoms with Crippen LogP contribution in [0.15, 0.2) is 12.2 Å². The Balaban J connectivity index is 2.02. The summed E-state index contributed by atoms with van der Waals surface area (Å²) < 4.78 is 9.89. The first-order valence-corrected chi connectivity index (χ1v) is 5.69. The molecule has 0 aromatic carbocycles. The molecule has 1 saturated heterocycles. The Kier molecular flexibility index (Phi) is 5.40. The maximum absolute atomic E-state index is 10.8. The minimum atomic E-state index is -0.310. The second-order valence-electron chi connectivity index (χ2n) is 3.87. The van der Waals surface area contributed by atoms with Crippen molar-refractivity contribution in [2.45, 2.75) is 51.2 Å². The number of esters is 1. The molecule has 1 heterocycles. The summed E-state index contributed by atoms with van der Waals surface area (Å²) in [4.78, 5) is 10.8. The lowest BCUT2D eigenvalue weighted by atomic mass is 10.1. The molecule has 0 saturated carbocycles. The number of rotatable bonds is 7. The summed E-state index contributed by atoms with van der Waals surface area (Å²) >= 11 is 0. The van der Waals surface area contributed by atoms with Crippen LogP contribution in [0.2, 0.25) is 0 Å². The van der Waals surface area contributed by atoms with E-state index in [-0.39, 0.29) is 12.1 Å². The Bertz CT molecular complexity index is 223. The van der Waals surface area contributed by atoms with Crippen LogP contribution in [0.4, 0.5) is 0 Å². The van der Waals surface area contributed by atoms with Gasteiger partial charge in [-0.1, -0.05) is 32.6 Å². The number of unbranched alkanes of at least 4 members (excludes halogenated alkanes) is 3. The molecule has 0 unspecified atom stereocenters. The zero-order valence-corrected chi connectivity index (χ0v) is 9.57. The van der Waals surface area contributed by atoms with Crippen LogP contribution in [0.1, 0.15) is 39.0 Å². The van der Waals surface area contributed by atoms with Gasteiger partial charge in [0.25, 0.3) is 0 Å². The van der Waals surface area contributed by atoms with Crippen molar-refractivity contribution in [3.63, 3.8) is 0 Å². The van der Waals surface area contributed by atoms with Crippen LogP contribution in [0.25, 0.3) is 0 Å². The maximum Gasteiger partial charge on any atom is 0.330 e. The van der Waals surface area contributed by atoms with Gasteiger partial charge in [0.1, 0.15) is 6.10 Å². The van der Waals surface area contributed by atoms with Gasteiger partial charge in [0.05, 0.1) is 13.2 Å². The van der Waals surface area contributed by atoms with Crippen molar-refractivity contribution in [1.29, 1.82) is 0 Å². The second-order valence-corrected chi connectivity index (χ2v) is 3.87. The van der Waals surface area contributed by atoms with Gasteiger partial charge in [-0.05, 0) is 12.5 Å². The van der Waals surface area contributed by atoms with E-state index in [2.05, 4.69) is 11.7 Å². The number of epoxide rings is 1. The summed E-state index contributed by atoms with van der Waals surface area (Å²) in [6.45, 7) is 2.20. The van der Waals surface area contributed by atoms with Gasteiger partial charge in [-0.15, -0.1) is 0 Å². The third-order valence-electron chi connectivity index (χ3n) is 2.59. The van der Waals surface area contributed by atoms with Gasteiger partial charge in [-0.25, -0.2) is 4.79 Å². The Morgan fingerprint density at radius 2 is 2.20 bits per heavy atom.